The molecule has 1 heterocycles. The number of anilines is 2. The molecule has 0 amide bonds. The predicted molar refractivity (Wildman–Crippen MR) is 82.7 cm³/mol. The number of pyridine rings is 1. The Kier molecular flexibility index (Phi) is 5.49. The van der Waals surface area contributed by atoms with E-state index in [9.17, 15) is 0 Å². The van der Waals surface area contributed by atoms with Crippen molar-refractivity contribution in [2.75, 3.05) is 17.2 Å². The minimum absolute atomic E-state index is 0.627. The molecule has 0 saturated heterocycles. The van der Waals surface area contributed by atoms with Gasteiger partial charge in [-0.1, -0.05) is 33.1 Å². The van der Waals surface area contributed by atoms with Crippen LogP contribution in [0.5, 0.6) is 0 Å². The molecule has 0 spiro atoms. The van der Waals surface area contributed by atoms with E-state index < -0.39 is 0 Å². The molecule has 106 valence electrons. The fourth-order valence-corrected chi connectivity index (χ4v) is 2.99. The zero-order chi connectivity index (χ0) is 13.5. The second kappa shape index (κ2) is 7.37. The second-order valence-electron chi connectivity index (χ2n) is 5.59. The maximum absolute atomic E-state index is 4.33. The van der Waals surface area contributed by atoms with Crippen LogP contribution in [-0.2, 0) is 0 Å². The molecule has 2 atom stereocenters. The Labute approximate surface area is 117 Å². The van der Waals surface area contributed by atoms with Gasteiger partial charge in [-0.05, 0) is 31.2 Å². The highest BCUT2D eigenvalue weighted by atomic mass is 15.0. The lowest BCUT2D eigenvalue weighted by molar-refractivity contribution is 0.317. The molecule has 2 rings (SSSR count). The van der Waals surface area contributed by atoms with Crippen LogP contribution in [0, 0.1) is 5.92 Å². The van der Waals surface area contributed by atoms with Gasteiger partial charge in [-0.15, -0.1) is 0 Å². The Hall–Kier alpha value is -1.25. The van der Waals surface area contributed by atoms with Crippen LogP contribution >= 0.6 is 0 Å². The molecule has 19 heavy (non-hydrogen) atoms. The second-order valence-corrected chi connectivity index (χ2v) is 5.59. The normalized spacial score (nSPS) is 23.1. The van der Waals surface area contributed by atoms with Crippen molar-refractivity contribution in [3.8, 4) is 0 Å². The average Bonchev–Trinajstić information content (AvgIpc) is 2.46. The standard InChI is InChI=1S/C16H27N3/c1-3-9-18-14-10-15(12-17-11-14)19-16-8-6-5-7-13(16)4-2/h10-13,16,18-19H,3-9H2,1-2H3. The first-order valence-electron chi connectivity index (χ1n) is 7.79. The van der Waals surface area contributed by atoms with Crippen LogP contribution in [0.3, 0.4) is 0 Å². The number of aromatic nitrogens is 1. The zero-order valence-corrected chi connectivity index (χ0v) is 12.3. The molecule has 2 N–H and O–H groups in total. The molecule has 1 aromatic rings. The van der Waals surface area contributed by atoms with Gasteiger partial charge in [-0.25, -0.2) is 0 Å². The van der Waals surface area contributed by atoms with E-state index in [1.165, 1.54) is 32.1 Å². The molecule has 1 fully saturated rings. The molecule has 2 unspecified atom stereocenters. The Bertz CT molecular complexity index is 378. The van der Waals surface area contributed by atoms with Crippen LogP contribution in [0.1, 0.15) is 52.4 Å². The van der Waals surface area contributed by atoms with Crippen LogP contribution in [0.25, 0.3) is 0 Å². The Morgan fingerprint density at radius 1 is 1.16 bits per heavy atom. The maximum atomic E-state index is 4.33. The van der Waals surface area contributed by atoms with Crippen molar-refractivity contribution in [3.63, 3.8) is 0 Å². The lowest BCUT2D eigenvalue weighted by atomic mass is 9.83. The highest BCUT2D eigenvalue weighted by Crippen LogP contribution is 2.29. The summed E-state index contributed by atoms with van der Waals surface area (Å²) in [6.45, 7) is 5.49. The summed E-state index contributed by atoms with van der Waals surface area (Å²) < 4.78 is 0. The molecule has 1 aliphatic rings. The largest absolute Gasteiger partial charge is 0.384 e. The molecular formula is C16H27N3. The average molecular weight is 261 g/mol. The lowest BCUT2D eigenvalue weighted by Gasteiger charge is -2.32. The van der Waals surface area contributed by atoms with Crippen molar-refractivity contribution in [2.24, 2.45) is 5.92 Å². The molecule has 0 radical (unpaired) electrons. The lowest BCUT2D eigenvalue weighted by Crippen LogP contribution is -2.31. The van der Waals surface area contributed by atoms with Crippen molar-refractivity contribution in [3.05, 3.63) is 18.5 Å². The Morgan fingerprint density at radius 3 is 2.74 bits per heavy atom. The topological polar surface area (TPSA) is 37.0 Å². The third-order valence-electron chi connectivity index (χ3n) is 4.10. The molecule has 0 bridgehead atoms. The van der Waals surface area contributed by atoms with Gasteiger partial charge in [-0.3, -0.25) is 4.98 Å². The minimum Gasteiger partial charge on any atom is -0.384 e. The number of hydrogen-bond acceptors (Lipinski definition) is 3. The summed E-state index contributed by atoms with van der Waals surface area (Å²) in [7, 11) is 0. The van der Waals surface area contributed by atoms with Gasteiger partial charge in [0.1, 0.15) is 0 Å². The summed E-state index contributed by atoms with van der Waals surface area (Å²) in [5, 5.41) is 7.09. The minimum atomic E-state index is 0.627. The van der Waals surface area contributed by atoms with Crippen molar-refractivity contribution in [1.29, 1.82) is 0 Å². The summed E-state index contributed by atoms with van der Waals surface area (Å²) in [4.78, 5) is 4.33. The highest BCUT2D eigenvalue weighted by molar-refractivity contribution is 5.54. The molecule has 1 aromatic heterocycles. The summed E-state index contributed by atoms with van der Waals surface area (Å²) in [5.74, 6) is 0.820. The van der Waals surface area contributed by atoms with Crippen molar-refractivity contribution in [1.82, 2.24) is 4.98 Å². The van der Waals surface area contributed by atoms with Crippen molar-refractivity contribution >= 4 is 11.4 Å². The highest BCUT2D eigenvalue weighted by Gasteiger charge is 2.23. The number of hydrogen-bond donors (Lipinski definition) is 2. The molecule has 0 aromatic carbocycles. The summed E-state index contributed by atoms with van der Waals surface area (Å²) in [6.07, 6.45) is 11.7. The maximum Gasteiger partial charge on any atom is 0.0549 e. The Morgan fingerprint density at radius 2 is 1.95 bits per heavy atom. The fraction of sp³-hybridized carbons (Fsp3) is 0.688. The van der Waals surface area contributed by atoms with Crippen LogP contribution in [0.4, 0.5) is 11.4 Å². The first-order chi connectivity index (χ1) is 9.33. The first kappa shape index (κ1) is 14.2. The van der Waals surface area contributed by atoms with Gasteiger partial charge in [0.15, 0.2) is 0 Å². The molecule has 1 saturated carbocycles. The summed E-state index contributed by atoms with van der Waals surface area (Å²) >= 11 is 0. The molecule has 3 heteroatoms. The third kappa shape index (κ3) is 4.12. The fourth-order valence-electron chi connectivity index (χ4n) is 2.99. The van der Waals surface area contributed by atoms with Crippen molar-refractivity contribution < 1.29 is 0 Å². The molecule has 1 aliphatic carbocycles. The SMILES string of the molecule is CCCNc1cncc(NC2CCCCC2CC)c1. The van der Waals surface area contributed by atoms with E-state index in [-0.39, 0.29) is 0 Å². The quantitative estimate of drug-likeness (QED) is 0.802. The monoisotopic (exact) mass is 261 g/mol. The third-order valence-corrected chi connectivity index (χ3v) is 4.10. The smallest absolute Gasteiger partial charge is 0.0549 e. The molecular weight excluding hydrogens is 234 g/mol. The number of rotatable bonds is 6. The van der Waals surface area contributed by atoms with Gasteiger partial charge in [0.05, 0.1) is 23.8 Å². The van der Waals surface area contributed by atoms with Crippen molar-refractivity contribution in [2.45, 2.75) is 58.4 Å². The van der Waals surface area contributed by atoms with E-state index in [1.807, 2.05) is 12.4 Å². The zero-order valence-electron chi connectivity index (χ0n) is 12.3. The van der Waals surface area contributed by atoms with Crippen LogP contribution in [-0.4, -0.2) is 17.6 Å². The van der Waals surface area contributed by atoms with Gasteiger partial charge in [0.25, 0.3) is 0 Å². The summed E-state index contributed by atoms with van der Waals surface area (Å²) in [5.41, 5.74) is 2.28. The Balaban J connectivity index is 1.97. The van der Waals surface area contributed by atoms with E-state index in [0.29, 0.717) is 6.04 Å². The first-order valence-corrected chi connectivity index (χ1v) is 7.79. The van der Waals surface area contributed by atoms with E-state index in [4.69, 9.17) is 0 Å². The van der Waals surface area contributed by atoms with Gasteiger partial charge in [0, 0.05) is 12.6 Å². The van der Waals surface area contributed by atoms with E-state index >= 15 is 0 Å². The number of nitrogens with zero attached hydrogens (tertiary/aromatic N) is 1. The van der Waals surface area contributed by atoms with Crippen LogP contribution in [0.2, 0.25) is 0 Å². The molecule has 0 aliphatic heterocycles. The van der Waals surface area contributed by atoms with Gasteiger partial charge >= 0.3 is 0 Å². The summed E-state index contributed by atoms with van der Waals surface area (Å²) in [6, 6.07) is 2.81. The number of nitrogens with one attached hydrogen (secondary N) is 2. The van der Waals surface area contributed by atoms with Crippen LogP contribution < -0.4 is 10.6 Å². The van der Waals surface area contributed by atoms with Crippen LogP contribution in [0.15, 0.2) is 18.5 Å². The van der Waals surface area contributed by atoms with E-state index in [1.54, 1.807) is 0 Å². The van der Waals surface area contributed by atoms with Gasteiger partial charge in [0.2, 0.25) is 0 Å². The predicted octanol–water partition coefficient (Wildman–Crippen LogP) is 4.28. The van der Waals surface area contributed by atoms with E-state index in [2.05, 4.69) is 35.5 Å². The van der Waals surface area contributed by atoms with Gasteiger partial charge < -0.3 is 10.6 Å². The van der Waals surface area contributed by atoms with Gasteiger partial charge in [-0.2, -0.15) is 0 Å². The van der Waals surface area contributed by atoms with E-state index in [0.717, 1.165) is 30.3 Å². The molecule has 3 nitrogen and oxygen atoms in total.